The van der Waals surface area contributed by atoms with Crippen LogP contribution in [-0.2, 0) is 0 Å². The van der Waals surface area contributed by atoms with Gasteiger partial charge >= 0.3 is 0 Å². The van der Waals surface area contributed by atoms with Gasteiger partial charge in [-0.05, 0) is 20.8 Å². The van der Waals surface area contributed by atoms with Gasteiger partial charge in [0, 0.05) is 11.9 Å². The summed E-state index contributed by atoms with van der Waals surface area (Å²) in [4.78, 5) is 7.96. The molecule has 0 heterocycles. The Bertz CT molecular complexity index is 235. The van der Waals surface area contributed by atoms with Crippen molar-refractivity contribution in [2.24, 2.45) is 9.98 Å². The predicted molar refractivity (Wildman–Crippen MR) is 49.9 cm³/mol. The van der Waals surface area contributed by atoms with Gasteiger partial charge in [-0.15, -0.1) is 6.42 Å². The Morgan fingerprint density at radius 1 is 1.36 bits per heavy atom. The molecule has 0 aliphatic rings. The molecular formula is C9H12N2. The highest BCUT2D eigenvalue weighted by Crippen LogP contribution is 1.93. The first-order valence-electron chi connectivity index (χ1n) is 3.33. The molecular weight excluding hydrogens is 136 g/mol. The first-order chi connectivity index (χ1) is 5.16. The first kappa shape index (κ1) is 9.64. The summed E-state index contributed by atoms with van der Waals surface area (Å²) < 4.78 is 0. The minimum atomic E-state index is 0.809. The maximum Gasteiger partial charge on any atom is 0.0767 e. The van der Waals surface area contributed by atoms with Crippen molar-refractivity contribution in [3.8, 4) is 12.3 Å². The van der Waals surface area contributed by atoms with Crippen LogP contribution in [0, 0.1) is 12.3 Å². The lowest BCUT2D eigenvalue weighted by Gasteiger charge is -1.86. The highest BCUT2D eigenvalue weighted by molar-refractivity contribution is 5.80. The van der Waals surface area contributed by atoms with Gasteiger partial charge in [-0.2, -0.15) is 0 Å². The van der Waals surface area contributed by atoms with E-state index < -0.39 is 0 Å². The van der Waals surface area contributed by atoms with E-state index in [0.717, 1.165) is 11.4 Å². The molecule has 0 rings (SSSR count). The monoisotopic (exact) mass is 148 g/mol. The van der Waals surface area contributed by atoms with E-state index in [9.17, 15) is 0 Å². The maximum atomic E-state index is 4.97. The Kier molecular flexibility index (Phi) is 4.76. The Morgan fingerprint density at radius 3 is 2.45 bits per heavy atom. The molecule has 0 unspecified atom stereocenters. The second-order valence-corrected chi connectivity index (χ2v) is 2.27. The molecule has 58 valence electrons. The van der Waals surface area contributed by atoms with E-state index in [-0.39, 0.29) is 0 Å². The number of hydrogen-bond donors (Lipinski definition) is 0. The molecule has 2 nitrogen and oxygen atoms in total. The molecule has 0 aliphatic heterocycles. The third-order valence-corrected chi connectivity index (χ3v) is 0.852. The van der Waals surface area contributed by atoms with Crippen LogP contribution in [0.3, 0.4) is 0 Å². The summed E-state index contributed by atoms with van der Waals surface area (Å²) in [5, 5.41) is 0. The van der Waals surface area contributed by atoms with E-state index in [0.29, 0.717) is 0 Å². The van der Waals surface area contributed by atoms with Crippen molar-refractivity contribution < 1.29 is 0 Å². The molecule has 0 aromatic heterocycles. The zero-order valence-corrected chi connectivity index (χ0v) is 7.13. The molecule has 0 bridgehead atoms. The summed E-state index contributed by atoms with van der Waals surface area (Å²) >= 11 is 0. The van der Waals surface area contributed by atoms with E-state index in [1.165, 1.54) is 6.21 Å². The molecule has 0 atom stereocenters. The van der Waals surface area contributed by atoms with Crippen molar-refractivity contribution in [1.82, 2.24) is 0 Å². The van der Waals surface area contributed by atoms with Crippen LogP contribution in [0.2, 0.25) is 0 Å². The average Bonchev–Trinajstić information content (AvgIpc) is 1.97. The van der Waals surface area contributed by atoms with Gasteiger partial charge in [-0.25, -0.2) is 0 Å². The van der Waals surface area contributed by atoms with E-state index in [2.05, 4.69) is 15.9 Å². The van der Waals surface area contributed by atoms with E-state index in [1.807, 2.05) is 20.8 Å². The standard InChI is InChI=1S/C9H12N2/c1-5-6-10-9(4)7-11-8(2)3/h1,6-7H,2-4H3/b9-7-,10-6?. The third kappa shape index (κ3) is 6.53. The summed E-state index contributed by atoms with van der Waals surface area (Å²) in [6.07, 6.45) is 8.06. The zero-order valence-electron chi connectivity index (χ0n) is 7.13. The quantitative estimate of drug-likeness (QED) is 0.423. The largest absolute Gasteiger partial charge is 0.264 e. The van der Waals surface area contributed by atoms with E-state index >= 15 is 0 Å². The molecule has 0 spiro atoms. The maximum absolute atomic E-state index is 4.97. The molecule has 0 aromatic rings. The molecule has 0 amide bonds. The molecule has 0 radical (unpaired) electrons. The lowest BCUT2D eigenvalue weighted by Crippen LogP contribution is -1.77. The van der Waals surface area contributed by atoms with Gasteiger partial charge in [0.1, 0.15) is 0 Å². The summed E-state index contributed by atoms with van der Waals surface area (Å²) in [7, 11) is 0. The van der Waals surface area contributed by atoms with Crippen LogP contribution >= 0.6 is 0 Å². The Balaban J connectivity index is 4.15. The van der Waals surface area contributed by atoms with Crippen LogP contribution in [0.1, 0.15) is 20.8 Å². The number of rotatable bonds is 2. The first-order valence-corrected chi connectivity index (χ1v) is 3.33. The molecule has 0 aromatic carbocycles. The molecule has 0 fully saturated rings. The number of terminal acetylenes is 1. The van der Waals surface area contributed by atoms with E-state index in [1.54, 1.807) is 6.20 Å². The smallest absolute Gasteiger partial charge is 0.0767 e. The Morgan fingerprint density at radius 2 is 2.00 bits per heavy atom. The van der Waals surface area contributed by atoms with Crippen molar-refractivity contribution in [2.75, 3.05) is 0 Å². The van der Waals surface area contributed by atoms with Crippen molar-refractivity contribution in [1.29, 1.82) is 0 Å². The normalized spacial score (nSPS) is 11.3. The SMILES string of the molecule is C#CC=N/C(C)=C\N=C(C)C. The Labute approximate surface area is 67.8 Å². The second-order valence-electron chi connectivity index (χ2n) is 2.27. The highest BCUT2D eigenvalue weighted by atomic mass is 14.8. The Hall–Kier alpha value is -1.36. The number of hydrogen-bond acceptors (Lipinski definition) is 2. The molecule has 0 N–H and O–H groups in total. The number of aliphatic imine (C=N–C) groups is 2. The molecule has 0 saturated heterocycles. The third-order valence-electron chi connectivity index (χ3n) is 0.852. The fourth-order valence-electron chi connectivity index (χ4n) is 0.395. The van der Waals surface area contributed by atoms with Gasteiger partial charge < -0.3 is 0 Å². The minimum absolute atomic E-state index is 0.809. The molecule has 2 heteroatoms. The van der Waals surface area contributed by atoms with Crippen LogP contribution in [-0.4, -0.2) is 11.9 Å². The summed E-state index contributed by atoms with van der Waals surface area (Å²) in [6.45, 7) is 5.70. The summed E-state index contributed by atoms with van der Waals surface area (Å²) in [5.41, 5.74) is 1.81. The topological polar surface area (TPSA) is 24.7 Å². The van der Waals surface area contributed by atoms with Crippen LogP contribution in [0.4, 0.5) is 0 Å². The van der Waals surface area contributed by atoms with Gasteiger partial charge in [-0.1, -0.05) is 5.92 Å². The number of allylic oxidation sites excluding steroid dienone is 1. The number of nitrogens with zero attached hydrogens (tertiary/aromatic N) is 2. The lowest BCUT2D eigenvalue weighted by molar-refractivity contribution is 1.27. The van der Waals surface area contributed by atoms with Gasteiger partial charge in [-0.3, -0.25) is 9.98 Å². The van der Waals surface area contributed by atoms with Crippen molar-refractivity contribution in [3.63, 3.8) is 0 Å². The van der Waals surface area contributed by atoms with Gasteiger partial charge in [0.05, 0.1) is 11.9 Å². The van der Waals surface area contributed by atoms with Gasteiger partial charge in [0.15, 0.2) is 0 Å². The van der Waals surface area contributed by atoms with Crippen LogP contribution in [0.5, 0.6) is 0 Å². The molecule has 0 aliphatic carbocycles. The fourth-order valence-corrected chi connectivity index (χ4v) is 0.395. The zero-order chi connectivity index (χ0) is 8.69. The summed E-state index contributed by atoms with van der Waals surface area (Å²) in [6, 6.07) is 0. The second kappa shape index (κ2) is 5.43. The lowest BCUT2D eigenvalue weighted by atomic mass is 10.5. The molecule has 11 heavy (non-hydrogen) atoms. The van der Waals surface area contributed by atoms with Crippen LogP contribution in [0.15, 0.2) is 21.9 Å². The van der Waals surface area contributed by atoms with Crippen LogP contribution < -0.4 is 0 Å². The van der Waals surface area contributed by atoms with Gasteiger partial charge in [0.2, 0.25) is 0 Å². The minimum Gasteiger partial charge on any atom is -0.264 e. The van der Waals surface area contributed by atoms with E-state index in [4.69, 9.17) is 6.42 Å². The predicted octanol–water partition coefficient (Wildman–Crippen LogP) is 2.03. The van der Waals surface area contributed by atoms with Crippen molar-refractivity contribution in [3.05, 3.63) is 11.9 Å². The molecule has 0 saturated carbocycles. The van der Waals surface area contributed by atoms with Gasteiger partial charge in [0.25, 0.3) is 0 Å². The fraction of sp³-hybridized carbons (Fsp3) is 0.333. The average molecular weight is 148 g/mol. The van der Waals surface area contributed by atoms with Crippen molar-refractivity contribution in [2.45, 2.75) is 20.8 Å². The highest BCUT2D eigenvalue weighted by Gasteiger charge is 1.78. The van der Waals surface area contributed by atoms with Crippen LogP contribution in [0.25, 0.3) is 0 Å². The van der Waals surface area contributed by atoms with Crippen molar-refractivity contribution >= 4 is 11.9 Å². The summed E-state index contributed by atoms with van der Waals surface area (Å²) in [5.74, 6) is 2.31.